The highest BCUT2D eigenvalue weighted by Gasteiger charge is 2.10. The van der Waals surface area contributed by atoms with Crippen LogP contribution in [0.1, 0.15) is 22.3 Å². The predicted molar refractivity (Wildman–Crippen MR) is 162 cm³/mol. The van der Waals surface area contributed by atoms with Crippen LogP contribution in [0.25, 0.3) is 22.3 Å². The maximum atomic E-state index is 6.66. The predicted octanol–water partition coefficient (Wildman–Crippen LogP) is 9.99. The Morgan fingerprint density at radius 3 is 1.05 bits per heavy atom. The van der Waals surface area contributed by atoms with Crippen molar-refractivity contribution in [2.45, 2.75) is 12.8 Å². The molecular formula is C38H30O. The van der Waals surface area contributed by atoms with Crippen LogP contribution >= 0.6 is 0 Å². The van der Waals surface area contributed by atoms with Gasteiger partial charge in [0.1, 0.15) is 11.5 Å². The van der Waals surface area contributed by atoms with Crippen molar-refractivity contribution in [2.75, 3.05) is 0 Å². The largest absolute Gasteiger partial charge is 0.457 e. The molecule has 0 aliphatic carbocycles. The van der Waals surface area contributed by atoms with E-state index in [1.807, 2.05) is 0 Å². The molecule has 1 heteroatoms. The quantitative estimate of drug-likeness (QED) is 0.201. The van der Waals surface area contributed by atoms with E-state index in [0.717, 1.165) is 35.5 Å². The van der Waals surface area contributed by atoms with Gasteiger partial charge < -0.3 is 4.74 Å². The van der Waals surface area contributed by atoms with Crippen molar-refractivity contribution in [3.8, 4) is 33.8 Å². The summed E-state index contributed by atoms with van der Waals surface area (Å²) in [5.74, 6) is 1.69. The molecule has 1 nitrogen and oxygen atoms in total. The molecule has 0 N–H and O–H groups in total. The summed E-state index contributed by atoms with van der Waals surface area (Å²) in [6.45, 7) is 0. The Kier molecular flexibility index (Phi) is 7.32. The molecule has 0 saturated heterocycles. The number of benzene rings is 6. The Morgan fingerprint density at radius 1 is 0.308 bits per heavy atom. The zero-order valence-electron chi connectivity index (χ0n) is 21.8. The van der Waals surface area contributed by atoms with Crippen molar-refractivity contribution in [1.82, 2.24) is 0 Å². The van der Waals surface area contributed by atoms with Gasteiger partial charge in [0.05, 0.1) is 0 Å². The summed E-state index contributed by atoms with van der Waals surface area (Å²) in [6, 6.07) is 55.4. The minimum absolute atomic E-state index is 0.846. The number of hydrogen-bond acceptors (Lipinski definition) is 1. The first kappa shape index (κ1) is 24.5. The lowest BCUT2D eigenvalue weighted by molar-refractivity contribution is 0.482. The highest BCUT2D eigenvalue weighted by Crippen LogP contribution is 2.33. The van der Waals surface area contributed by atoms with Gasteiger partial charge in [-0.1, -0.05) is 133 Å². The summed E-state index contributed by atoms with van der Waals surface area (Å²) in [6.07, 6.45) is 1.70. The van der Waals surface area contributed by atoms with E-state index in [4.69, 9.17) is 4.74 Å². The van der Waals surface area contributed by atoms with Gasteiger partial charge in [0.25, 0.3) is 0 Å². The van der Waals surface area contributed by atoms with E-state index in [-0.39, 0.29) is 0 Å². The fourth-order valence-corrected chi connectivity index (χ4v) is 5.04. The van der Waals surface area contributed by atoms with E-state index in [1.54, 1.807) is 0 Å². The van der Waals surface area contributed by atoms with E-state index in [2.05, 4.69) is 158 Å². The monoisotopic (exact) mass is 502 g/mol. The summed E-state index contributed by atoms with van der Waals surface area (Å²) >= 11 is 0. The van der Waals surface area contributed by atoms with Crippen LogP contribution in [0, 0.1) is 0 Å². The average Bonchev–Trinajstić information content (AvgIpc) is 2.99. The van der Waals surface area contributed by atoms with Crippen LogP contribution in [-0.4, -0.2) is 0 Å². The first-order valence-corrected chi connectivity index (χ1v) is 13.4. The van der Waals surface area contributed by atoms with Crippen molar-refractivity contribution in [3.05, 3.63) is 180 Å². The van der Waals surface area contributed by atoms with Crippen molar-refractivity contribution in [3.63, 3.8) is 0 Å². The first-order chi connectivity index (χ1) is 19.3. The maximum Gasteiger partial charge on any atom is 0.128 e. The minimum Gasteiger partial charge on any atom is -0.457 e. The summed E-state index contributed by atoms with van der Waals surface area (Å²) in [5.41, 5.74) is 9.68. The van der Waals surface area contributed by atoms with Crippen LogP contribution < -0.4 is 4.74 Å². The van der Waals surface area contributed by atoms with Crippen molar-refractivity contribution in [2.24, 2.45) is 0 Å². The summed E-state index contributed by atoms with van der Waals surface area (Å²) < 4.78 is 6.66. The zero-order valence-corrected chi connectivity index (χ0v) is 21.8. The second-order valence-electron chi connectivity index (χ2n) is 9.89. The van der Waals surface area contributed by atoms with Gasteiger partial charge in [-0.25, -0.2) is 0 Å². The van der Waals surface area contributed by atoms with E-state index >= 15 is 0 Å². The lowest BCUT2D eigenvalue weighted by Gasteiger charge is -2.14. The molecule has 0 aliphatic heterocycles. The molecule has 0 atom stereocenters. The fraction of sp³-hybridized carbons (Fsp3) is 0.0526. The van der Waals surface area contributed by atoms with Crippen LogP contribution in [0.5, 0.6) is 11.5 Å². The topological polar surface area (TPSA) is 9.23 Å². The molecule has 0 amide bonds. The SMILES string of the molecule is c1ccc(Cc2cc(Oc3cc(Cc4ccccc4)cc(-c4ccccc4)c3)cc(-c3ccccc3)c2)cc1. The van der Waals surface area contributed by atoms with Crippen LogP contribution in [-0.2, 0) is 12.8 Å². The molecule has 0 heterocycles. The summed E-state index contributed by atoms with van der Waals surface area (Å²) in [4.78, 5) is 0. The van der Waals surface area contributed by atoms with Crippen LogP contribution in [0.15, 0.2) is 158 Å². The van der Waals surface area contributed by atoms with Crippen molar-refractivity contribution < 1.29 is 4.74 Å². The molecule has 6 aromatic rings. The van der Waals surface area contributed by atoms with Crippen molar-refractivity contribution in [1.29, 1.82) is 0 Å². The third kappa shape index (κ3) is 6.34. The number of hydrogen-bond donors (Lipinski definition) is 0. The Labute approximate surface area is 231 Å². The van der Waals surface area contributed by atoms with Gasteiger partial charge in [-0.2, -0.15) is 0 Å². The Balaban J connectivity index is 1.39. The molecule has 6 aromatic carbocycles. The first-order valence-electron chi connectivity index (χ1n) is 13.4. The van der Waals surface area contributed by atoms with Gasteiger partial charge in [-0.05, 0) is 81.6 Å². The van der Waals surface area contributed by atoms with Crippen LogP contribution in [0.3, 0.4) is 0 Å². The van der Waals surface area contributed by atoms with Crippen molar-refractivity contribution >= 4 is 0 Å². The molecule has 0 saturated carbocycles. The van der Waals surface area contributed by atoms with E-state index in [9.17, 15) is 0 Å². The van der Waals surface area contributed by atoms with E-state index < -0.39 is 0 Å². The zero-order chi connectivity index (χ0) is 26.3. The Bertz CT molecular complexity index is 1510. The summed E-state index contributed by atoms with van der Waals surface area (Å²) in [7, 11) is 0. The molecule has 0 aliphatic rings. The second-order valence-corrected chi connectivity index (χ2v) is 9.89. The molecule has 0 unspecified atom stereocenters. The molecule has 188 valence electrons. The molecule has 0 radical (unpaired) electrons. The number of rotatable bonds is 8. The lowest BCUT2D eigenvalue weighted by atomic mass is 9.98. The second kappa shape index (κ2) is 11.7. The highest BCUT2D eigenvalue weighted by molar-refractivity contribution is 5.68. The van der Waals surface area contributed by atoms with Gasteiger partial charge in [-0.15, -0.1) is 0 Å². The van der Waals surface area contributed by atoms with E-state index in [0.29, 0.717) is 0 Å². The summed E-state index contributed by atoms with van der Waals surface area (Å²) in [5, 5.41) is 0. The van der Waals surface area contributed by atoms with Crippen LogP contribution in [0.4, 0.5) is 0 Å². The van der Waals surface area contributed by atoms with E-state index in [1.165, 1.54) is 33.4 Å². The third-order valence-electron chi connectivity index (χ3n) is 6.88. The Hall–Kier alpha value is -4.88. The highest BCUT2D eigenvalue weighted by atomic mass is 16.5. The molecule has 6 rings (SSSR count). The minimum atomic E-state index is 0.846. The van der Waals surface area contributed by atoms with Gasteiger partial charge in [-0.3, -0.25) is 0 Å². The maximum absolute atomic E-state index is 6.66. The van der Waals surface area contributed by atoms with Gasteiger partial charge in [0.2, 0.25) is 0 Å². The number of ether oxygens (including phenoxy) is 1. The van der Waals surface area contributed by atoms with Gasteiger partial charge in [0.15, 0.2) is 0 Å². The molecule has 39 heavy (non-hydrogen) atoms. The van der Waals surface area contributed by atoms with Crippen LogP contribution in [0.2, 0.25) is 0 Å². The molecule has 0 fully saturated rings. The van der Waals surface area contributed by atoms with Gasteiger partial charge in [0, 0.05) is 0 Å². The lowest BCUT2D eigenvalue weighted by Crippen LogP contribution is -1.94. The van der Waals surface area contributed by atoms with Gasteiger partial charge >= 0.3 is 0 Å². The standard InChI is InChI=1S/C38H30O/c1-5-13-29(14-6-1)21-31-23-35(33-17-9-3-10-18-33)27-37(25-31)39-38-26-32(22-30-15-7-2-8-16-30)24-36(28-38)34-19-11-4-12-20-34/h1-20,23-28H,21-22H2. The smallest absolute Gasteiger partial charge is 0.128 e. The molecule has 0 aromatic heterocycles. The molecule has 0 spiro atoms. The normalized spacial score (nSPS) is 10.8. The fourth-order valence-electron chi connectivity index (χ4n) is 5.04. The molecular weight excluding hydrogens is 472 g/mol. The molecule has 0 bridgehead atoms. The third-order valence-corrected chi connectivity index (χ3v) is 6.88. The Morgan fingerprint density at radius 2 is 0.667 bits per heavy atom. The average molecular weight is 503 g/mol.